The second-order valence-corrected chi connectivity index (χ2v) is 7.24. The minimum Gasteiger partial charge on any atom is -0.389 e. The van der Waals surface area contributed by atoms with Crippen LogP contribution in [-0.4, -0.2) is 53.5 Å². The summed E-state index contributed by atoms with van der Waals surface area (Å²) in [7, 11) is 1.38. The van der Waals surface area contributed by atoms with E-state index in [-0.39, 0.29) is 23.7 Å². The molecule has 9 heteroatoms. The number of aliphatic hydroxyl groups is 1. The van der Waals surface area contributed by atoms with E-state index < -0.39 is 23.9 Å². The summed E-state index contributed by atoms with van der Waals surface area (Å²) >= 11 is 0. The number of hydrogen-bond acceptors (Lipinski definition) is 7. The van der Waals surface area contributed by atoms with Crippen LogP contribution in [0, 0.1) is 5.82 Å². The van der Waals surface area contributed by atoms with Gasteiger partial charge in [-0.15, -0.1) is 0 Å². The molecule has 0 saturated carbocycles. The van der Waals surface area contributed by atoms with Gasteiger partial charge < -0.3 is 20.0 Å². The van der Waals surface area contributed by atoms with Crippen LogP contribution in [0.3, 0.4) is 0 Å². The summed E-state index contributed by atoms with van der Waals surface area (Å²) < 4.78 is 19.7. The molecule has 0 radical (unpaired) electrons. The molecule has 1 fully saturated rings. The third kappa shape index (κ3) is 4.79. The summed E-state index contributed by atoms with van der Waals surface area (Å²) in [4.78, 5) is 30.8. The van der Waals surface area contributed by atoms with E-state index in [1.807, 2.05) is 0 Å². The molecular weight excluding hydrogens is 405 g/mol. The molecule has 31 heavy (non-hydrogen) atoms. The topological polar surface area (TPSA) is 103 Å². The molecule has 0 aliphatic carbocycles. The number of amides is 1. The average molecular weight is 427 g/mol. The van der Waals surface area contributed by atoms with E-state index >= 15 is 0 Å². The lowest BCUT2D eigenvalue weighted by molar-refractivity contribution is -0.181. The number of para-hydroxylation sites is 1. The number of fused-ring (bicyclic) bond motifs is 1. The van der Waals surface area contributed by atoms with Crippen molar-refractivity contribution in [1.29, 1.82) is 0 Å². The van der Waals surface area contributed by atoms with Gasteiger partial charge >= 0.3 is 0 Å². The summed E-state index contributed by atoms with van der Waals surface area (Å²) in [5, 5.41) is 13.4. The normalized spacial score (nSPS) is 18.7. The first-order chi connectivity index (χ1) is 15.0. The highest BCUT2D eigenvalue weighted by Gasteiger charge is 2.26. The van der Waals surface area contributed by atoms with E-state index in [2.05, 4.69) is 20.2 Å². The first-order valence-electron chi connectivity index (χ1n) is 9.85. The summed E-state index contributed by atoms with van der Waals surface area (Å²) in [5.41, 5.74) is 1.75. The van der Waals surface area contributed by atoms with Crippen LogP contribution in [0.4, 0.5) is 4.39 Å². The van der Waals surface area contributed by atoms with Crippen molar-refractivity contribution in [3.8, 4) is 5.88 Å². The number of rotatable bonds is 6. The van der Waals surface area contributed by atoms with Gasteiger partial charge in [-0.3, -0.25) is 4.79 Å². The fourth-order valence-corrected chi connectivity index (χ4v) is 3.59. The molecule has 2 N–H and O–H groups in total. The Labute approximate surface area is 177 Å². The summed E-state index contributed by atoms with van der Waals surface area (Å²) in [6.45, 7) is 0.602. The summed E-state index contributed by atoms with van der Waals surface area (Å²) in [5.74, 6) is -0.705. The lowest BCUT2D eigenvalue weighted by Crippen LogP contribution is -2.48. The maximum absolute atomic E-state index is 14.5. The number of aliphatic hydroxyl groups excluding tert-OH is 1. The Bertz CT molecular complexity index is 1090. The van der Waals surface area contributed by atoms with Crippen LogP contribution in [0.1, 0.15) is 28.0 Å². The number of hydrogen-bond donors (Lipinski definition) is 2. The van der Waals surface area contributed by atoms with Crippen molar-refractivity contribution in [3.05, 3.63) is 65.2 Å². The first kappa shape index (κ1) is 21.1. The number of ether oxygens (including phenoxy) is 1. The molecule has 0 spiro atoms. The van der Waals surface area contributed by atoms with Gasteiger partial charge in [-0.2, -0.15) is 4.89 Å². The van der Waals surface area contributed by atoms with E-state index in [1.54, 1.807) is 36.5 Å². The number of carbonyl (C=O) groups excluding carboxylic acids is 1. The predicted molar refractivity (Wildman–Crippen MR) is 109 cm³/mol. The molecule has 1 aromatic carbocycles. The standard InChI is InChI=1S/C22H22FN3O5/c1-29-31-20-10-13(5-7-24-20)9-14-11-18(25-21-15(14)3-2-4-16(21)23)22(28)26-17-6-8-30-12-19(17)27/h2-5,7,10-11,17,19,27H,6,8-9,12H2,1H3,(H,26,28). The molecule has 3 aromatic rings. The number of carbonyl (C=O) groups is 1. The molecule has 4 rings (SSSR count). The Hall–Kier alpha value is -3.14. The van der Waals surface area contributed by atoms with Crippen LogP contribution in [-0.2, 0) is 16.0 Å². The second kappa shape index (κ2) is 9.34. The highest BCUT2D eigenvalue weighted by molar-refractivity contribution is 5.96. The zero-order valence-corrected chi connectivity index (χ0v) is 16.9. The third-order valence-corrected chi connectivity index (χ3v) is 5.11. The number of pyridine rings is 2. The van der Waals surface area contributed by atoms with Crippen molar-refractivity contribution < 1.29 is 28.8 Å². The molecular formula is C22H22FN3O5. The Morgan fingerprint density at radius 2 is 2.23 bits per heavy atom. The van der Waals surface area contributed by atoms with Gasteiger partial charge in [0.05, 0.1) is 25.9 Å². The molecule has 1 amide bonds. The van der Waals surface area contributed by atoms with E-state index in [4.69, 9.17) is 9.62 Å². The molecule has 1 aliphatic rings. The van der Waals surface area contributed by atoms with Gasteiger partial charge in [-0.1, -0.05) is 12.1 Å². The maximum Gasteiger partial charge on any atom is 0.270 e. The lowest BCUT2D eigenvalue weighted by Gasteiger charge is -2.28. The fourth-order valence-electron chi connectivity index (χ4n) is 3.59. The van der Waals surface area contributed by atoms with Crippen LogP contribution in [0.5, 0.6) is 5.88 Å². The molecule has 2 atom stereocenters. The van der Waals surface area contributed by atoms with E-state index in [0.29, 0.717) is 24.8 Å². The number of nitrogens with zero attached hydrogens (tertiary/aromatic N) is 2. The number of aromatic nitrogens is 2. The first-order valence-corrected chi connectivity index (χ1v) is 9.85. The number of halogens is 1. The Kier molecular flexibility index (Phi) is 6.36. The molecule has 2 unspecified atom stereocenters. The summed E-state index contributed by atoms with van der Waals surface area (Å²) in [6, 6.07) is 9.36. The van der Waals surface area contributed by atoms with Crippen molar-refractivity contribution in [2.75, 3.05) is 20.3 Å². The third-order valence-electron chi connectivity index (χ3n) is 5.11. The number of nitrogens with one attached hydrogen (secondary N) is 1. The molecule has 3 heterocycles. The van der Waals surface area contributed by atoms with Crippen LogP contribution < -0.4 is 10.2 Å². The summed E-state index contributed by atoms with van der Waals surface area (Å²) in [6.07, 6.45) is 1.66. The van der Waals surface area contributed by atoms with Gasteiger partial charge in [-0.05, 0) is 42.2 Å². The molecule has 1 saturated heterocycles. The van der Waals surface area contributed by atoms with Crippen LogP contribution >= 0.6 is 0 Å². The number of benzene rings is 1. The lowest BCUT2D eigenvalue weighted by atomic mass is 10.00. The molecule has 1 aliphatic heterocycles. The van der Waals surface area contributed by atoms with Gasteiger partial charge in [0.1, 0.15) is 17.0 Å². The van der Waals surface area contributed by atoms with Crippen molar-refractivity contribution >= 4 is 16.8 Å². The van der Waals surface area contributed by atoms with Crippen LogP contribution in [0.15, 0.2) is 42.6 Å². The smallest absolute Gasteiger partial charge is 0.270 e. The van der Waals surface area contributed by atoms with E-state index in [9.17, 15) is 14.3 Å². The molecule has 2 aromatic heterocycles. The highest BCUT2D eigenvalue weighted by Crippen LogP contribution is 2.24. The maximum atomic E-state index is 14.5. The fraction of sp³-hybridized carbons (Fsp3) is 0.318. The Balaban J connectivity index is 1.68. The zero-order valence-electron chi connectivity index (χ0n) is 16.9. The van der Waals surface area contributed by atoms with Gasteiger partial charge in [0.25, 0.3) is 11.8 Å². The van der Waals surface area contributed by atoms with Crippen molar-refractivity contribution in [2.24, 2.45) is 0 Å². The van der Waals surface area contributed by atoms with Crippen LogP contribution in [0.25, 0.3) is 10.9 Å². The zero-order chi connectivity index (χ0) is 21.8. The molecule has 8 nitrogen and oxygen atoms in total. The van der Waals surface area contributed by atoms with Crippen molar-refractivity contribution in [1.82, 2.24) is 15.3 Å². The SMILES string of the molecule is COOc1cc(Cc2cc(C(=O)NC3CCOCC3O)nc3c(F)cccc23)ccn1. The average Bonchev–Trinajstić information content (AvgIpc) is 2.76. The monoisotopic (exact) mass is 427 g/mol. The van der Waals surface area contributed by atoms with Gasteiger partial charge in [0, 0.05) is 24.3 Å². The Morgan fingerprint density at radius 3 is 3.03 bits per heavy atom. The molecule has 0 bridgehead atoms. The second-order valence-electron chi connectivity index (χ2n) is 7.24. The quantitative estimate of drug-likeness (QED) is 0.459. The predicted octanol–water partition coefficient (Wildman–Crippen LogP) is 2.18. The van der Waals surface area contributed by atoms with Crippen LogP contribution in [0.2, 0.25) is 0 Å². The van der Waals surface area contributed by atoms with Gasteiger partial charge in [0.2, 0.25) is 0 Å². The van der Waals surface area contributed by atoms with Gasteiger partial charge in [0.15, 0.2) is 0 Å². The van der Waals surface area contributed by atoms with Crippen molar-refractivity contribution in [2.45, 2.75) is 25.0 Å². The van der Waals surface area contributed by atoms with Gasteiger partial charge in [-0.25, -0.2) is 14.4 Å². The largest absolute Gasteiger partial charge is 0.389 e. The molecule has 162 valence electrons. The minimum atomic E-state index is -0.801. The van der Waals surface area contributed by atoms with E-state index in [1.165, 1.54) is 13.2 Å². The van der Waals surface area contributed by atoms with E-state index in [0.717, 1.165) is 11.1 Å². The highest BCUT2D eigenvalue weighted by atomic mass is 19.1. The van der Waals surface area contributed by atoms with Crippen molar-refractivity contribution in [3.63, 3.8) is 0 Å². The minimum absolute atomic E-state index is 0.0775. The Morgan fingerprint density at radius 1 is 1.35 bits per heavy atom.